The highest BCUT2D eigenvalue weighted by Gasteiger charge is 2.17. The zero-order chi connectivity index (χ0) is 11.2. The van der Waals surface area contributed by atoms with Crippen molar-refractivity contribution >= 4 is 11.3 Å². The summed E-state index contributed by atoms with van der Waals surface area (Å²) in [5.41, 5.74) is 3.07. The molecular weight excluding hydrogens is 218 g/mol. The van der Waals surface area contributed by atoms with Crippen molar-refractivity contribution < 1.29 is 0 Å². The van der Waals surface area contributed by atoms with Gasteiger partial charge >= 0.3 is 0 Å². The molecule has 4 heteroatoms. The Morgan fingerprint density at radius 1 is 1.62 bits per heavy atom. The van der Waals surface area contributed by atoms with Crippen LogP contribution in [0.3, 0.4) is 0 Å². The van der Waals surface area contributed by atoms with E-state index >= 15 is 0 Å². The molecule has 1 aliphatic heterocycles. The van der Waals surface area contributed by atoms with E-state index in [0.29, 0.717) is 0 Å². The van der Waals surface area contributed by atoms with Gasteiger partial charge in [0.25, 0.3) is 0 Å². The summed E-state index contributed by atoms with van der Waals surface area (Å²) in [6.07, 6.45) is 2.73. The van der Waals surface area contributed by atoms with Gasteiger partial charge in [-0.15, -0.1) is 11.3 Å². The summed E-state index contributed by atoms with van der Waals surface area (Å²) in [4.78, 5) is 6.83. The summed E-state index contributed by atoms with van der Waals surface area (Å²) in [7, 11) is 0. The first-order valence-electron chi connectivity index (χ1n) is 6.18. The van der Waals surface area contributed by atoms with Gasteiger partial charge in [0.1, 0.15) is 0 Å². The third kappa shape index (κ3) is 3.54. The van der Waals surface area contributed by atoms with Gasteiger partial charge in [-0.3, -0.25) is 0 Å². The maximum atomic E-state index is 4.28. The topological polar surface area (TPSA) is 28.2 Å². The van der Waals surface area contributed by atoms with Gasteiger partial charge in [-0.25, -0.2) is 4.98 Å². The minimum atomic E-state index is 0.826. The van der Waals surface area contributed by atoms with E-state index in [1.54, 1.807) is 11.3 Å². The number of nitrogens with zero attached hydrogens (tertiary/aromatic N) is 2. The van der Waals surface area contributed by atoms with E-state index < -0.39 is 0 Å². The van der Waals surface area contributed by atoms with Gasteiger partial charge in [0, 0.05) is 18.5 Å². The second kappa shape index (κ2) is 6.33. The first-order valence-corrected chi connectivity index (χ1v) is 7.13. The smallest absolute Gasteiger partial charge is 0.0795 e. The molecule has 0 amide bonds. The maximum absolute atomic E-state index is 4.28. The van der Waals surface area contributed by atoms with Crippen LogP contribution in [0.4, 0.5) is 0 Å². The minimum Gasteiger partial charge on any atom is -0.311 e. The highest BCUT2D eigenvalue weighted by molar-refractivity contribution is 7.07. The van der Waals surface area contributed by atoms with Crippen LogP contribution in [0, 0.1) is 5.92 Å². The highest BCUT2D eigenvalue weighted by Crippen LogP contribution is 2.15. The molecule has 1 fully saturated rings. The fourth-order valence-electron chi connectivity index (χ4n) is 2.33. The maximum Gasteiger partial charge on any atom is 0.0795 e. The molecule has 1 aliphatic rings. The predicted octanol–water partition coefficient (Wildman–Crippen LogP) is 1.96. The van der Waals surface area contributed by atoms with Gasteiger partial charge in [0.05, 0.1) is 11.2 Å². The van der Waals surface area contributed by atoms with Crippen molar-refractivity contribution in [2.45, 2.75) is 26.3 Å². The number of nitrogens with one attached hydrogen (secondary N) is 1. The van der Waals surface area contributed by atoms with Crippen molar-refractivity contribution in [3.8, 4) is 0 Å². The lowest BCUT2D eigenvalue weighted by molar-refractivity contribution is 0.180. The average molecular weight is 239 g/mol. The van der Waals surface area contributed by atoms with Gasteiger partial charge in [0.15, 0.2) is 0 Å². The van der Waals surface area contributed by atoms with Gasteiger partial charge in [0.2, 0.25) is 0 Å². The highest BCUT2D eigenvalue weighted by atomic mass is 32.1. The van der Waals surface area contributed by atoms with Crippen LogP contribution in [0.5, 0.6) is 0 Å². The summed E-state index contributed by atoms with van der Waals surface area (Å²) in [5.74, 6) is 0.826. The Balaban J connectivity index is 1.65. The molecule has 1 aromatic heterocycles. The first kappa shape index (κ1) is 12.0. The summed E-state index contributed by atoms with van der Waals surface area (Å²) < 4.78 is 0. The van der Waals surface area contributed by atoms with Crippen molar-refractivity contribution in [1.29, 1.82) is 0 Å². The van der Waals surface area contributed by atoms with Crippen molar-refractivity contribution in [2.24, 2.45) is 5.92 Å². The van der Waals surface area contributed by atoms with Crippen LogP contribution in [0.15, 0.2) is 10.9 Å². The Kier molecular flexibility index (Phi) is 4.75. The molecule has 0 aromatic carbocycles. The average Bonchev–Trinajstić information content (AvgIpc) is 2.82. The van der Waals surface area contributed by atoms with E-state index in [4.69, 9.17) is 0 Å². The molecule has 2 rings (SSSR count). The molecule has 0 saturated carbocycles. The van der Waals surface area contributed by atoms with Crippen LogP contribution < -0.4 is 5.32 Å². The van der Waals surface area contributed by atoms with Gasteiger partial charge in [-0.05, 0) is 38.4 Å². The molecule has 0 bridgehead atoms. The quantitative estimate of drug-likeness (QED) is 0.851. The molecule has 1 atom stereocenters. The van der Waals surface area contributed by atoms with E-state index in [-0.39, 0.29) is 0 Å². The molecule has 1 aromatic rings. The molecule has 16 heavy (non-hydrogen) atoms. The van der Waals surface area contributed by atoms with Crippen LogP contribution in [-0.4, -0.2) is 36.1 Å². The molecule has 1 unspecified atom stereocenters. The zero-order valence-corrected chi connectivity index (χ0v) is 10.8. The Bertz CT molecular complexity index is 286. The second-order valence-corrected chi connectivity index (χ2v) is 5.23. The van der Waals surface area contributed by atoms with Crippen molar-refractivity contribution in [3.05, 3.63) is 16.6 Å². The molecule has 90 valence electrons. The molecule has 0 radical (unpaired) electrons. The number of likely N-dealkylation sites (tertiary alicyclic amines) is 1. The summed E-state index contributed by atoms with van der Waals surface area (Å²) >= 11 is 1.67. The molecule has 1 saturated heterocycles. The van der Waals surface area contributed by atoms with Gasteiger partial charge < -0.3 is 10.2 Å². The van der Waals surface area contributed by atoms with E-state index in [1.807, 2.05) is 5.51 Å². The van der Waals surface area contributed by atoms with E-state index in [1.165, 1.54) is 38.2 Å². The van der Waals surface area contributed by atoms with E-state index in [9.17, 15) is 0 Å². The van der Waals surface area contributed by atoms with Crippen LogP contribution in [0.25, 0.3) is 0 Å². The Morgan fingerprint density at radius 3 is 3.31 bits per heavy atom. The fourth-order valence-corrected chi connectivity index (χ4v) is 2.89. The van der Waals surface area contributed by atoms with Gasteiger partial charge in [-0.1, -0.05) is 6.92 Å². The number of piperidine rings is 1. The number of hydrogen-bond acceptors (Lipinski definition) is 4. The monoisotopic (exact) mass is 239 g/mol. The summed E-state index contributed by atoms with van der Waals surface area (Å²) in [5, 5.41) is 5.64. The standard InChI is InChI=1S/C12H21N3S/c1-2-15-5-3-4-11(8-15)6-13-7-12-9-16-10-14-12/h9-11,13H,2-8H2,1H3. The predicted molar refractivity (Wildman–Crippen MR) is 68.7 cm³/mol. The fraction of sp³-hybridized carbons (Fsp3) is 0.750. The Labute approximate surface area is 102 Å². The van der Waals surface area contributed by atoms with Crippen LogP contribution in [-0.2, 0) is 6.54 Å². The Morgan fingerprint density at radius 2 is 2.56 bits per heavy atom. The lowest BCUT2D eigenvalue weighted by Gasteiger charge is -2.31. The van der Waals surface area contributed by atoms with Crippen molar-refractivity contribution in [1.82, 2.24) is 15.2 Å². The third-order valence-electron chi connectivity index (χ3n) is 3.27. The normalized spacial score (nSPS) is 22.4. The molecule has 0 spiro atoms. The first-order chi connectivity index (χ1) is 7.88. The van der Waals surface area contributed by atoms with E-state index in [0.717, 1.165) is 19.0 Å². The van der Waals surface area contributed by atoms with E-state index in [2.05, 4.69) is 27.5 Å². The SMILES string of the molecule is CCN1CCCC(CNCc2cscn2)C1. The molecule has 0 aliphatic carbocycles. The zero-order valence-electron chi connectivity index (χ0n) is 9.98. The van der Waals surface area contributed by atoms with Crippen LogP contribution in [0.1, 0.15) is 25.5 Å². The number of rotatable bonds is 5. The minimum absolute atomic E-state index is 0.826. The second-order valence-electron chi connectivity index (χ2n) is 4.51. The largest absolute Gasteiger partial charge is 0.311 e. The van der Waals surface area contributed by atoms with Crippen LogP contribution in [0.2, 0.25) is 0 Å². The molecule has 1 N–H and O–H groups in total. The Hall–Kier alpha value is -0.450. The summed E-state index contributed by atoms with van der Waals surface area (Å²) in [6.45, 7) is 8.06. The number of hydrogen-bond donors (Lipinski definition) is 1. The number of aromatic nitrogens is 1. The number of thiazole rings is 1. The molecule has 3 nitrogen and oxygen atoms in total. The molecular formula is C12H21N3S. The third-order valence-corrected chi connectivity index (χ3v) is 3.91. The lowest BCUT2D eigenvalue weighted by atomic mass is 9.98. The van der Waals surface area contributed by atoms with Crippen LogP contribution >= 0.6 is 11.3 Å². The van der Waals surface area contributed by atoms with Gasteiger partial charge in [-0.2, -0.15) is 0 Å². The van der Waals surface area contributed by atoms with Crippen molar-refractivity contribution in [2.75, 3.05) is 26.2 Å². The van der Waals surface area contributed by atoms with Crippen molar-refractivity contribution in [3.63, 3.8) is 0 Å². The lowest BCUT2D eigenvalue weighted by Crippen LogP contribution is -2.39. The molecule has 2 heterocycles. The summed E-state index contributed by atoms with van der Waals surface area (Å²) in [6, 6.07) is 0.